The first-order chi connectivity index (χ1) is 10.3. The third-order valence-corrected chi connectivity index (χ3v) is 4.46. The molecule has 0 aliphatic rings. The molecule has 0 radical (unpaired) electrons. The quantitative estimate of drug-likeness (QED) is 0.553. The van der Waals surface area contributed by atoms with Crippen LogP contribution in [-0.2, 0) is 13.0 Å². The lowest BCUT2D eigenvalue weighted by Crippen LogP contribution is -2.03. The van der Waals surface area contributed by atoms with E-state index in [0.29, 0.717) is 0 Å². The fraction of sp³-hybridized carbons (Fsp3) is 0.263. The van der Waals surface area contributed by atoms with E-state index in [4.69, 9.17) is 0 Å². The SMILES string of the molecule is CCCCn1c(Cc2ccc(Br)cc2)cc2ccccc21. The Balaban J connectivity index is 1.97. The number of rotatable bonds is 5. The maximum Gasteiger partial charge on any atom is 0.0482 e. The molecule has 0 aliphatic heterocycles. The summed E-state index contributed by atoms with van der Waals surface area (Å²) in [5, 5.41) is 1.35. The Bertz CT molecular complexity index is 725. The van der Waals surface area contributed by atoms with Gasteiger partial charge in [-0.15, -0.1) is 0 Å². The lowest BCUT2D eigenvalue weighted by molar-refractivity contribution is 0.631. The van der Waals surface area contributed by atoms with Gasteiger partial charge in [-0.1, -0.05) is 59.6 Å². The molecule has 0 N–H and O–H groups in total. The predicted octanol–water partition coefficient (Wildman–Crippen LogP) is 5.79. The van der Waals surface area contributed by atoms with Crippen molar-refractivity contribution in [1.82, 2.24) is 4.57 Å². The molecule has 0 spiro atoms. The van der Waals surface area contributed by atoms with Gasteiger partial charge in [-0.3, -0.25) is 0 Å². The molecule has 0 aliphatic carbocycles. The number of para-hydroxylation sites is 1. The largest absolute Gasteiger partial charge is 0.344 e. The minimum atomic E-state index is 0.992. The van der Waals surface area contributed by atoms with Gasteiger partial charge in [0, 0.05) is 28.6 Å². The summed E-state index contributed by atoms with van der Waals surface area (Å²) in [4.78, 5) is 0. The zero-order chi connectivity index (χ0) is 14.7. The van der Waals surface area contributed by atoms with Gasteiger partial charge < -0.3 is 4.57 Å². The number of benzene rings is 2. The normalized spacial score (nSPS) is 11.1. The second-order valence-corrected chi connectivity index (χ2v) is 6.42. The van der Waals surface area contributed by atoms with Gasteiger partial charge in [0.15, 0.2) is 0 Å². The van der Waals surface area contributed by atoms with E-state index in [0.717, 1.165) is 17.4 Å². The summed E-state index contributed by atoms with van der Waals surface area (Å²) in [5.74, 6) is 0. The first-order valence-corrected chi connectivity index (χ1v) is 8.39. The maximum absolute atomic E-state index is 3.50. The summed E-state index contributed by atoms with van der Waals surface area (Å²) >= 11 is 3.50. The zero-order valence-electron chi connectivity index (χ0n) is 12.3. The van der Waals surface area contributed by atoms with E-state index in [1.54, 1.807) is 0 Å². The van der Waals surface area contributed by atoms with Gasteiger partial charge >= 0.3 is 0 Å². The monoisotopic (exact) mass is 341 g/mol. The van der Waals surface area contributed by atoms with Crippen LogP contribution in [0.15, 0.2) is 59.1 Å². The molecule has 0 unspecified atom stereocenters. The summed E-state index contributed by atoms with van der Waals surface area (Å²) in [7, 11) is 0. The average Bonchev–Trinajstić information content (AvgIpc) is 2.85. The highest BCUT2D eigenvalue weighted by Gasteiger charge is 2.08. The second kappa shape index (κ2) is 6.48. The van der Waals surface area contributed by atoms with Crippen LogP contribution in [0.25, 0.3) is 10.9 Å². The van der Waals surface area contributed by atoms with Crippen molar-refractivity contribution in [3.63, 3.8) is 0 Å². The predicted molar refractivity (Wildman–Crippen MR) is 93.8 cm³/mol. The van der Waals surface area contributed by atoms with Crippen molar-refractivity contribution >= 4 is 26.8 Å². The van der Waals surface area contributed by atoms with Gasteiger partial charge in [0.05, 0.1) is 0 Å². The summed E-state index contributed by atoms with van der Waals surface area (Å²) in [5.41, 5.74) is 4.13. The molecular weight excluding hydrogens is 322 g/mol. The topological polar surface area (TPSA) is 4.93 Å². The van der Waals surface area contributed by atoms with Crippen LogP contribution >= 0.6 is 15.9 Å². The Morgan fingerprint density at radius 1 is 1.00 bits per heavy atom. The van der Waals surface area contributed by atoms with E-state index in [1.807, 2.05) is 0 Å². The van der Waals surface area contributed by atoms with Crippen molar-refractivity contribution in [3.8, 4) is 0 Å². The van der Waals surface area contributed by atoms with E-state index in [-0.39, 0.29) is 0 Å². The van der Waals surface area contributed by atoms with E-state index < -0.39 is 0 Å². The number of nitrogens with zero attached hydrogens (tertiary/aromatic N) is 1. The minimum Gasteiger partial charge on any atom is -0.344 e. The highest BCUT2D eigenvalue weighted by atomic mass is 79.9. The van der Waals surface area contributed by atoms with E-state index in [2.05, 4.69) is 82.0 Å². The lowest BCUT2D eigenvalue weighted by Gasteiger charge is -2.10. The molecule has 1 aromatic heterocycles. The third-order valence-electron chi connectivity index (χ3n) is 3.93. The standard InChI is InChI=1S/C19H20BrN/c1-2-3-12-21-18(13-15-8-10-17(20)11-9-15)14-16-6-4-5-7-19(16)21/h4-11,14H,2-3,12-13H2,1H3. The van der Waals surface area contributed by atoms with Crippen molar-refractivity contribution in [2.75, 3.05) is 0 Å². The van der Waals surface area contributed by atoms with Gasteiger partial charge in [0.1, 0.15) is 0 Å². The molecule has 2 aromatic carbocycles. The smallest absolute Gasteiger partial charge is 0.0482 e. The molecule has 1 heterocycles. The first kappa shape index (κ1) is 14.4. The van der Waals surface area contributed by atoms with Gasteiger partial charge in [0.25, 0.3) is 0 Å². The number of aryl methyl sites for hydroxylation is 1. The third kappa shape index (κ3) is 3.21. The van der Waals surface area contributed by atoms with Crippen molar-refractivity contribution in [1.29, 1.82) is 0 Å². The summed E-state index contributed by atoms with van der Waals surface area (Å²) in [6, 6.07) is 19.7. The van der Waals surface area contributed by atoms with Gasteiger partial charge in [-0.05, 0) is 41.6 Å². The lowest BCUT2D eigenvalue weighted by atomic mass is 10.1. The highest BCUT2D eigenvalue weighted by molar-refractivity contribution is 9.10. The van der Waals surface area contributed by atoms with Crippen LogP contribution < -0.4 is 0 Å². The number of hydrogen-bond donors (Lipinski definition) is 0. The minimum absolute atomic E-state index is 0.992. The van der Waals surface area contributed by atoms with Crippen LogP contribution in [0.1, 0.15) is 31.0 Å². The van der Waals surface area contributed by atoms with Crippen LogP contribution in [0.2, 0.25) is 0 Å². The van der Waals surface area contributed by atoms with Crippen molar-refractivity contribution < 1.29 is 0 Å². The van der Waals surface area contributed by atoms with Crippen LogP contribution in [0.3, 0.4) is 0 Å². The average molecular weight is 342 g/mol. The second-order valence-electron chi connectivity index (χ2n) is 5.50. The highest BCUT2D eigenvalue weighted by Crippen LogP contribution is 2.23. The fourth-order valence-electron chi connectivity index (χ4n) is 2.81. The maximum atomic E-state index is 3.50. The Morgan fingerprint density at radius 2 is 1.76 bits per heavy atom. The molecule has 0 saturated heterocycles. The van der Waals surface area contributed by atoms with Crippen LogP contribution in [-0.4, -0.2) is 4.57 Å². The molecule has 0 saturated carbocycles. The molecule has 0 bridgehead atoms. The fourth-order valence-corrected chi connectivity index (χ4v) is 3.07. The Kier molecular flexibility index (Phi) is 4.45. The van der Waals surface area contributed by atoms with Crippen LogP contribution in [0.5, 0.6) is 0 Å². The number of aromatic nitrogens is 1. The summed E-state index contributed by atoms with van der Waals surface area (Å²) in [6.45, 7) is 3.36. The van der Waals surface area contributed by atoms with Gasteiger partial charge in [0.2, 0.25) is 0 Å². The molecule has 108 valence electrons. The summed E-state index contributed by atoms with van der Waals surface area (Å²) < 4.78 is 3.62. The van der Waals surface area contributed by atoms with Crippen LogP contribution in [0, 0.1) is 0 Å². The van der Waals surface area contributed by atoms with Crippen molar-refractivity contribution in [3.05, 3.63) is 70.3 Å². The molecule has 3 aromatic rings. The van der Waals surface area contributed by atoms with E-state index in [1.165, 1.54) is 35.0 Å². The molecule has 2 heteroatoms. The Labute approximate surface area is 134 Å². The molecule has 1 nitrogen and oxygen atoms in total. The summed E-state index contributed by atoms with van der Waals surface area (Å²) in [6.07, 6.45) is 3.45. The number of hydrogen-bond acceptors (Lipinski definition) is 0. The van der Waals surface area contributed by atoms with E-state index >= 15 is 0 Å². The van der Waals surface area contributed by atoms with Gasteiger partial charge in [-0.2, -0.15) is 0 Å². The molecule has 3 rings (SSSR count). The number of unbranched alkanes of at least 4 members (excludes halogenated alkanes) is 1. The molecule has 0 amide bonds. The number of halogens is 1. The van der Waals surface area contributed by atoms with Crippen LogP contribution in [0.4, 0.5) is 0 Å². The van der Waals surface area contributed by atoms with Gasteiger partial charge in [-0.25, -0.2) is 0 Å². The molecule has 21 heavy (non-hydrogen) atoms. The molecular formula is C19H20BrN. The Hall–Kier alpha value is -1.54. The Morgan fingerprint density at radius 3 is 2.52 bits per heavy atom. The zero-order valence-corrected chi connectivity index (χ0v) is 13.9. The van der Waals surface area contributed by atoms with Crippen molar-refractivity contribution in [2.24, 2.45) is 0 Å². The molecule has 0 fully saturated rings. The van der Waals surface area contributed by atoms with Crippen molar-refractivity contribution in [2.45, 2.75) is 32.7 Å². The first-order valence-electron chi connectivity index (χ1n) is 7.59. The number of fused-ring (bicyclic) bond motifs is 1. The molecule has 0 atom stereocenters. The van der Waals surface area contributed by atoms with E-state index in [9.17, 15) is 0 Å².